The van der Waals surface area contributed by atoms with Crippen molar-refractivity contribution in [2.75, 3.05) is 0 Å². The number of hydrazone groups is 1. The fraction of sp³-hybridized carbons (Fsp3) is 0. The number of hydrogen-bond acceptors (Lipinski definition) is 5. The summed E-state index contributed by atoms with van der Waals surface area (Å²) in [5.41, 5.74) is 2.99. The van der Waals surface area contributed by atoms with Crippen LogP contribution in [0.15, 0.2) is 64.1 Å². The maximum Gasteiger partial charge on any atom is 0.337 e. The van der Waals surface area contributed by atoms with Crippen molar-refractivity contribution in [1.29, 1.82) is 0 Å². The van der Waals surface area contributed by atoms with Gasteiger partial charge in [0.2, 0.25) is 0 Å². The summed E-state index contributed by atoms with van der Waals surface area (Å²) in [6.45, 7) is 0. The van der Waals surface area contributed by atoms with Gasteiger partial charge in [-0.1, -0.05) is 29.8 Å². The average molecular weight is 385 g/mol. The van der Waals surface area contributed by atoms with Gasteiger partial charge >= 0.3 is 5.97 Å². The number of aromatic hydroxyl groups is 1. The van der Waals surface area contributed by atoms with Gasteiger partial charge in [-0.3, -0.25) is 4.79 Å². The molecule has 1 aromatic heterocycles. The smallest absolute Gasteiger partial charge is 0.337 e. The minimum Gasteiger partial charge on any atom is -0.507 e. The minimum atomic E-state index is -1.11. The number of amides is 1. The lowest BCUT2D eigenvalue weighted by Gasteiger charge is -2.02. The number of carboxylic acids is 1. The van der Waals surface area contributed by atoms with Crippen molar-refractivity contribution in [2.24, 2.45) is 5.10 Å². The lowest BCUT2D eigenvalue weighted by atomic mass is 10.1. The van der Waals surface area contributed by atoms with Crippen molar-refractivity contribution >= 4 is 29.7 Å². The van der Waals surface area contributed by atoms with E-state index in [9.17, 15) is 14.7 Å². The van der Waals surface area contributed by atoms with Crippen LogP contribution in [0.2, 0.25) is 5.02 Å². The molecule has 0 spiro atoms. The molecular formula is C19H13ClN2O5. The molecule has 0 aliphatic heterocycles. The van der Waals surface area contributed by atoms with E-state index in [0.717, 1.165) is 0 Å². The quantitative estimate of drug-likeness (QED) is 0.458. The number of halogens is 1. The number of para-hydroxylation sites is 1. The van der Waals surface area contributed by atoms with Crippen molar-refractivity contribution in [3.63, 3.8) is 0 Å². The van der Waals surface area contributed by atoms with E-state index >= 15 is 0 Å². The Labute approximate surface area is 158 Å². The molecule has 7 nitrogen and oxygen atoms in total. The monoisotopic (exact) mass is 384 g/mol. The third-order valence-electron chi connectivity index (χ3n) is 3.62. The molecule has 0 saturated heterocycles. The number of furan rings is 1. The zero-order valence-electron chi connectivity index (χ0n) is 13.7. The van der Waals surface area contributed by atoms with Crippen LogP contribution < -0.4 is 5.43 Å². The fourth-order valence-electron chi connectivity index (χ4n) is 2.30. The fourth-order valence-corrected chi connectivity index (χ4v) is 2.56. The molecule has 0 bridgehead atoms. The van der Waals surface area contributed by atoms with E-state index in [1.54, 1.807) is 30.3 Å². The van der Waals surface area contributed by atoms with Gasteiger partial charge in [0, 0.05) is 5.56 Å². The van der Waals surface area contributed by atoms with E-state index in [1.165, 1.54) is 30.5 Å². The molecule has 0 fully saturated rings. The first-order valence-corrected chi connectivity index (χ1v) is 8.08. The molecule has 0 saturated carbocycles. The largest absolute Gasteiger partial charge is 0.507 e. The van der Waals surface area contributed by atoms with Crippen molar-refractivity contribution in [2.45, 2.75) is 0 Å². The van der Waals surface area contributed by atoms with Crippen molar-refractivity contribution in [3.8, 4) is 17.1 Å². The summed E-state index contributed by atoms with van der Waals surface area (Å²) in [6.07, 6.45) is 1.30. The maximum absolute atomic E-state index is 11.9. The highest BCUT2D eigenvalue weighted by molar-refractivity contribution is 6.33. The SMILES string of the molecule is O=C(N/N=C\c1ccc(-c2ccc(C(=O)O)c(Cl)c2)o1)c1ccccc1O. The number of carboxylic acid groups (broad SMARTS) is 1. The van der Waals surface area contributed by atoms with Crippen LogP contribution in [-0.2, 0) is 0 Å². The van der Waals surface area contributed by atoms with E-state index in [0.29, 0.717) is 17.1 Å². The van der Waals surface area contributed by atoms with Crippen molar-refractivity contribution in [1.82, 2.24) is 5.43 Å². The lowest BCUT2D eigenvalue weighted by Crippen LogP contribution is -2.17. The molecule has 8 heteroatoms. The number of rotatable bonds is 5. The molecule has 3 N–H and O–H groups in total. The van der Waals surface area contributed by atoms with Gasteiger partial charge in [0.1, 0.15) is 17.3 Å². The molecule has 0 atom stereocenters. The normalized spacial score (nSPS) is 10.9. The Balaban J connectivity index is 1.70. The van der Waals surface area contributed by atoms with Crippen molar-refractivity contribution < 1.29 is 24.2 Å². The number of nitrogens with zero attached hydrogens (tertiary/aromatic N) is 1. The van der Waals surface area contributed by atoms with E-state index < -0.39 is 11.9 Å². The Hall–Kier alpha value is -3.58. The topological polar surface area (TPSA) is 112 Å². The summed E-state index contributed by atoms with van der Waals surface area (Å²) < 4.78 is 5.58. The summed E-state index contributed by atoms with van der Waals surface area (Å²) in [5, 5.41) is 22.5. The maximum atomic E-state index is 11.9. The summed E-state index contributed by atoms with van der Waals surface area (Å²) in [6, 6.07) is 13.9. The highest BCUT2D eigenvalue weighted by atomic mass is 35.5. The summed E-state index contributed by atoms with van der Waals surface area (Å²) >= 11 is 5.95. The Morgan fingerprint density at radius 1 is 1.07 bits per heavy atom. The predicted octanol–water partition coefficient (Wildman–Crippen LogP) is 3.77. The Morgan fingerprint density at radius 2 is 1.85 bits per heavy atom. The predicted molar refractivity (Wildman–Crippen MR) is 99.3 cm³/mol. The van der Waals surface area contributed by atoms with Crippen molar-refractivity contribution in [3.05, 3.63) is 76.5 Å². The molecule has 2 aromatic carbocycles. The van der Waals surface area contributed by atoms with Crippen LogP contribution in [0.1, 0.15) is 26.5 Å². The Morgan fingerprint density at radius 3 is 2.56 bits per heavy atom. The highest BCUT2D eigenvalue weighted by Gasteiger charge is 2.12. The van der Waals surface area contributed by atoms with E-state index in [-0.39, 0.29) is 21.9 Å². The number of aromatic carboxylic acids is 1. The molecule has 3 rings (SSSR count). The number of phenolic OH excluding ortho intramolecular Hbond substituents is 1. The number of carbonyl (C=O) groups excluding carboxylic acids is 1. The first-order chi connectivity index (χ1) is 13.0. The van der Waals surface area contributed by atoms with Gasteiger partial charge in [-0.25, -0.2) is 10.2 Å². The third-order valence-corrected chi connectivity index (χ3v) is 3.93. The van der Waals surface area contributed by atoms with Gasteiger partial charge in [0.25, 0.3) is 5.91 Å². The van der Waals surface area contributed by atoms with Gasteiger partial charge in [-0.05, 0) is 36.4 Å². The number of phenols is 1. The second-order valence-corrected chi connectivity index (χ2v) is 5.83. The lowest BCUT2D eigenvalue weighted by molar-refractivity contribution is 0.0696. The standard InChI is InChI=1S/C19H13ClN2O5/c20-15-9-11(5-7-13(15)19(25)26)17-8-6-12(27-17)10-21-22-18(24)14-3-1-2-4-16(14)23/h1-10,23H,(H,22,24)(H,25,26)/b21-10-. The minimum absolute atomic E-state index is 0.000589. The summed E-state index contributed by atoms with van der Waals surface area (Å²) in [4.78, 5) is 22.9. The number of hydrogen-bond donors (Lipinski definition) is 3. The van der Waals surface area contributed by atoms with Crippen LogP contribution in [0.3, 0.4) is 0 Å². The second-order valence-electron chi connectivity index (χ2n) is 5.42. The molecule has 0 radical (unpaired) electrons. The average Bonchev–Trinajstić information content (AvgIpc) is 3.10. The molecular weight excluding hydrogens is 372 g/mol. The number of nitrogens with one attached hydrogen (secondary N) is 1. The molecule has 0 unspecified atom stereocenters. The molecule has 1 heterocycles. The molecule has 3 aromatic rings. The van der Waals surface area contributed by atoms with E-state index in [4.69, 9.17) is 21.1 Å². The van der Waals surface area contributed by atoms with Crippen LogP contribution >= 0.6 is 11.6 Å². The molecule has 136 valence electrons. The van der Waals surface area contributed by atoms with Crippen LogP contribution in [0.25, 0.3) is 11.3 Å². The Bertz CT molecular complexity index is 1040. The van der Waals surface area contributed by atoms with Crippen LogP contribution in [0, 0.1) is 0 Å². The Kier molecular flexibility index (Phi) is 5.23. The molecule has 0 aliphatic rings. The van der Waals surface area contributed by atoms with Crippen LogP contribution in [0.5, 0.6) is 5.75 Å². The number of benzene rings is 2. The van der Waals surface area contributed by atoms with Gasteiger partial charge in [0.15, 0.2) is 0 Å². The van der Waals surface area contributed by atoms with E-state index in [1.807, 2.05) is 0 Å². The second kappa shape index (κ2) is 7.76. The summed E-state index contributed by atoms with van der Waals surface area (Å²) in [7, 11) is 0. The number of carbonyl (C=O) groups is 2. The van der Waals surface area contributed by atoms with Gasteiger partial charge in [-0.15, -0.1) is 0 Å². The molecule has 1 amide bonds. The zero-order valence-corrected chi connectivity index (χ0v) is 14.5. The van der Waals surface area contributed by atoms with Crippen LogP contribution in [0.4, 0.5) is 0 Å². The summed E-state index contributed by atoms with van der Waals surface area (Å²) in [5.74, 6) is -0.998. The van der Waals surface area contributed by atoms with Gasteiger partial charge in [-0.2, -0.15) is 5.10 Å². The zero-order chi connectivity index (χ0) is 19.4. The van der Waals surface area contributed by atoms with Gasteiger partial charge in [0.05, 0.1) is 22.4 Å². The first kappa shape index (κ1) is 18.2. The van der Waals surface area contributed by atoms with Gasteiger partial charge < -0.3 is 14.6 Å². The first-order valence-electron chi connectivity index (χ1n) is 7.70. The molecule has 0 aliphatic carbocycles. The third kappa shape index (κ3) is 4.16. The van der Waals surface area contributed by atoms with E-state index in [2.05, 4.69) is 10.5 Å². The van der Waals surface area contributed by atoms with Crippen LogP contribution in [-0.4, -0.2) is 28.3 Å². The molecule has 27 heavy (non-hydrogen) atoms. The highest BCUT2D eigenvalue weighted by Crippen LogP contribution is 2.27.